The monoisotopic (exact) mass is 357 g/mol. The second-order valence-corrected chi connectivity index (χ2v) is 6.11. The van der Waals surface area contributed by atoms with E-state index in [0.29, 0.717) is 5.56 Å². The minimum absolute atomic E-state index is 0.151. The predicted molar refractivity (Wildman–Crippen MR) is 93.3 cm³/mol. The van der Waals surface area contributed by atoms with Crippen molar-refractivity contribution in [2.45, 2.75) is 6.92 Å². The fourth-order valence-electron chi connectivity index (χ4n) is 2.18. The summed E-state index contributed by atoms with van der Waals surface area (Å²) in [5.41, 5.74) is 1.67. The first-order valence-electron chi connectivity index (χ1n) is 7.22. The van der Waals surface area contributed by atoms with Crippen molar-refractivity contribution >= 4 is 28.6 Å². The van der Waals surface area contributed by atoms with Crippen molar-refractivity contribution in [3.63, 3.8) is 0 Å². The van der Waals surface area contributed by atoms with E-state index in [1.54, 1.807) is 24.3 Å². The topological polar surface area (TPSA) is 85.1 Å². The van der Waals surface area contributed by atoms with Crippen LogP contribution in [0.3, 0.4) is 0 Å². The van der Waals surface area contributed by atoms with Crippen LogP contribution in [0.15, 0.2) is 47.8 Å². The average molecular weight is 357 g/mol. The minimum atomic E-state index is -0.953. The van der Waals surface area contributed by atoms with Crippen molar-refractivity contribution in [3.05, 3.63) is 75.0 Å². The molecule has 6 nitrogen and oxygen atoms in total. The fraction of sp³-hybridized carbons (Fsp3) is 0.0588. The number of nitro benzene ring substituents is 1. The van der Waals surface area contributed by atoms with Crippen LogP contribution < -0.4 is 5.32 Å². The van der Waals surface area contributed by atoms with Crippen molar-refractivity contribution < 1.29 is 14.1 Å². The van der Waals surface area contributed by atoms with E-state index in [1.165, 1.54) is 17.4 Å². The molecule has 126 valence electrons. The zero-order chi connectivity index (χ0) is 18.0. The summed E-state index contributed by atoms with van der Waals surface area (Å²) < 4.78 is 13.3. The molecule has 0 fully saturated rings. The summed E-state index contributed by atoms with van der Waals surface area (Å²) in [6.07, 6.45) is 0. The number of carbonyl (C=O) groups is 1. The normalized spacial score (nSPS) is 10.5. The first-order chi connectivity index (χ1) is 11.9. The van der Waals surface area contributed by atoms with Gasteiger partial charge in [-0.1, -0.05) is 12.1 Å². The van der Waals surface area contributed by atoms with E-state index in [1.807, 2.05) is 12.3 Å². The number of carbonyl (C=O) groups excluding carboxylic acids is 1. The molecule has 0 aliphatic rings. The number of aryl methyl sites for hydroxylation is 1. The maximum atomic E-state index is 13.3. The van der Waals surface area contributed by atoms with Gasteiger partial charge in [-0.15, -0.1) is 11.3 Å². The summed E-state index contributed by atoms with van der Waals surface area (Å²) >= 11 is 1.51. The first kappa shape index (κ1) is 16.7. The number of nitrogens with zero attached hydrogens (tertiary/aromatic N) is 2. The highest BCUT2D eigenvalue weighted by Crippen LogP contribution is 2.25. The van der Waals surface area contributed by atoms with Crippen LogP contribution in [0.1, 0.15) is 16.1 Å². The van der Waals surface area contributed by atoms with Crippen LogP contribution in [0.2, 0.25) is 0 Å². The third-order valence-corrected chi connectivity index (χ3v) is 4.42. The summed E-state index contributed by atoms with van der Waals surface area (Å²) in [5, 5.41) is 16.1. The van der Waals surface area contributed by atoms with Gasteiger partial charge in [0.25, 0.3) is 5.91 Å². The molecule has 8 heteroatoms. The Morgan fingerprint density at radius 2 is 1.96 bits per heavy atom. The van der Waals surface area contributed by atoms with Gasteiger partial charge >= 0.3 is 5.69 Å². The molecule has 1 amide bonds. The highest BCUT2D eigenvalue weighted by molar-refractivity contribution is 7.13. The number of nitrogens with one attached hydrogen (secondary N) is 1. The largest absolute Gasteiger partial charge is 0.322 e. The number of amides is 1. The van der Waals surface area contributed by atoms with E-state index in [9.17, 15) is 19.3 Å². The van der Waals surface area contributed by atoms with E-state index in [2.05, 4.69) is 10.3 Å². The Hall–Kier alpha value is -3.13. The van der Waals surface area contributed by atoms with E-state index < -0.39 is 22.3 Å². The molecule has 0 aliphatic heterocycles. The molecule has 1 aromatic heterocycles. The summed E-state index contributed by atoms with van der Waals surface area (Å²) in [6.45, 7) is 1.91. The Labute approximate surface area is 146 Å². The summed E-state index contributed by atoms with van der Waals surface area (Å²) in [6, 6.07) is 10.0. The quantitative estimate of drug-likeness (QED) is 0.553. The van der Waals surface area contributed by atoms with Gasteiger partial charge in [-0.2, -0.15) is 4.39 Å². The van der Waals surface area contributed by atoms with Crippen molar-refractivity contribution in [3.8, 4) is 10.6 Å². The molecule has 0 saturated heterocycles. The van der Waals surface area contributed by atoms with Crippen LogP contribution in [0.25, 0.3) is 10.6 Å². The maximum absolute atomic E-state index is 13.3. The van der Waals surface area contributed by atoms with Crippen LogP contribution in [0, 0.1) is 22.9 Å². The van der Waals surface area contributed by atoms with Crippen LogP contribution in [0.4, 0.5) is 15.8 Å². The van der Waals surface area contributed by atoms with Gasteiger partial charge in [-0.3, -0.25) is 14.9 Å². The van der Waals surface area contributed by atoms with Gasteiger partial charge in [0.15, 0.2) is 0 Å². The van der Waals surface area contributed by atoms with E-state index >= 15 is 0 Å². The maximum Gasteiger partial charge on any atom is 0.306 e. The molecule has 0 saturated carbocycles. The Morgan fingerprint density at radius 3 is 2.56 bits per heavy atom. The van der Waals surface area contributed by atoms with Crippen molar-refractivity contribution in [1.29, 1.82) is 0 Å². The van der Waals surface area contributed by atoms with Gasteiger partial charge < -0.3 is 5.32 Å². The molecule has 0 bridgehead atoms. The SMILES string of the molecule is Cc1csc(-c2ccc(C(=O)Nc3ccc(F)c([N+](=O)[O-])c3)cc2)n1. The molecule has 1 heterocycles. The zero-order valence-corrected chi connectivity index (χ0v) is 13.8. The third kappa shape index (κ3) is 3.69. The number of benzene rings is 2. The molecule has 3 rings (SSSR count). The van der Waals surface area contributed by atoms with Gasteiger partial charge in [0.1, 0.15) is 5.01 Å². The summed E-state index contributed by atoms with van der Waals surface area (Å²) in [7, 11) is 0. The van der Waals surface area contributed by atoms with E-state index in [0.717, 1.165) is 28.4 Å². The number of halogens is 1. The highest BCUT2D eigenvalue weighted by atomic mass is 32.1. The Kier molecular flexibility index (Phi) is 4.53. The molecule has 2 aromatic carbocycles. The molecule has 1 N–H and O–H groups in total. The number of anilines is 1. The second-order valence-electron chi connectivity index (χ2n) is 5.25. The van der Waals surface area contributed by atoms with Crippen molar-refractivity contribution in [1.82, 2.24) is 4.98 Å². The number of hydrogen-bond donors (Lipinski definition) is 1. The van der Waals surface area contributed by atoms with Crippen molar-refractivity contribution in [2.24, 2.45) is 0 Å². The summed E-state index contributed by atoms with van der Waals surface area (Å²) in [5.74, 6) is -1.39. The van der Waals surface area contributed by atoms with Crippen LogP contribution >= 0.6 is 11.3 Å². The molecule has 3 aromatic rings. The Bertz CT molecular complexity index is 954. The molecular weight excluding hydrogens is 345 g/mol. The lowest BCUT2D eigenvalue weighted by atomic mass is 10.1. The number of nitro groups is 1. The van der Waals surface area contributed by atoms with Crippen LogP contribution in [-0.2, 0) is 0 Å². The lowest BCUT2D eigenvalue weighted by Gasteiger charge is -2.06. The molecule has 0 aliphatic carbocycles. The first-order valence-corrected chi connectivity index (χ1v) is 8.10. The van der Waals surface area contributed by atoms with Gasteiger partial charge in [0.05, 0.1) is 4.92 Å². The van der Waals surface area contributed by atoms with Gasteiger partial charge in [0, 0.05) is 34.0 Å². The van der Waals surface area contributed by atoms with E-state index in [4.69, 9.17) is 0 Å². The molecule has 25 heavy (non-hydrogen) atoms. The average Bonchev–Trinajstić information content (AvgIpc) is 3.03. The number of hydrogen-bond acceptors (Lipinski definition) is 5. The summed E-state index contributed by atoms with van der Waals surface area (Å²) in [4.78, 5) is 26.5. The minimum Gasteiger partial charge on any atom is -0.322 e. The molecule has 0 unspecified atom stereocenters. The predicted octanol–water partition coefficient (Wildman–Crippen LogP) is 4.42. The zero-order valence-electron chi connectivity index (χ0n) is 13.0. The highest BCUT2D eigenvalue weighted by Gasteiger charge is 2.16. The van der Waals surface area contributed by atoms with Crippen molar-refractivity contribution in [2.75, 3.05) is 5.32 Å². The molecule has 0 radical (unpaired) electrons. The lowest BCUT2D eigenvalue weighted by molar-refractivity contribution is -0.387. The molecular formula is C17H12FN3O3S. The number of thiazole rings is 1. The third-order valence-electron chi connectivity index (χ3n) is 3.41. The number of rotatable bonds is 4. The second kappa shape index (κ2) is 6.78. The van der Waals surface area contributed by atoms with Gasteiger partial charge in [-0.25, -0.2) is 4.98 Å². The van der Waals surface area contributed by atoms with Crippen LogP contribution in [0.5, 0.6) is 0 Å². The lowest BCUT2D eigenvalue weighted by Crippen LogP contribution is -2.12. The van der Waals surface area contributed by atoms with E-state index in [-0.39, 0.29) is 5.69 Å². The molecule has 0 atom stereocenters. The molecule has 0 spiro atoms. The fourth-order valence-corrected chi connectivity index (χ4v) is 2.99. The van der Waals surface area contributed by atoms with Gasteiger partial charge in [-0.05, 0) is 31.2 Å². The smallest absolute Gasteiger partial charge is 0.306 e. The standard InChI is InChI=1S/C17H12FN3O3S/c1-10-9-25-17(19-10)12-4-2-11(3-5-12)16(22)20-13-6-7-14(18)15(8-13)21(23)24/h2-9H,1H3,(H,20,22). The van der Waals surface area contributed by atoms with Crippen LogP contribution in [-0.4, -0.2) is 15.8 Å². The Balaban J connectivity index is 1.77. The Morgan fingerprint density at radius 1 is 1.24 bits per heavy atom. The van der Waals surface area contributed by atoms with Gasteiger partial charge in [0.2, 0.25) is 5.82 Å². The number of aromatic nitrogens is 1.